The number of ether oxygens (including phenoxy) is 1. The van der Waals surface area contributed by atoms with Crippen molar-refractivity contribution < 1.29 is 41.9 Å². The van der Waals surface area contributed by atoms with Gasteiger partial charge < -0.3 is 52.1 Å². The number of halogens is 5. The van der Waals surface area contributed by atoms with Crippen molar-refractivity contribution in [2.45, 2.75) is 141 Å². The van der Waals surface area contributed by atoms with Gasteiger partial charge in [0.05, 0.1) is 80.0 Å². The van der Waals surface area contributed by atoms with E-state index in [2.05, 4.69) is 50.8 Å². The van der Waals surface area contributed by atoms with Gasteiger partial charge in [-0.2, -0.15) is 5.26 Å². The minimum Gasteiger partial charge on any atom is -0.494 e. The third-order valence-corrected chi connectivity index (χ3v) is 26.7. The SMILES string of the molecule is COc1ccc(-c2c3n(c4cccnc24)CCN(C2CC2)C3=O)cc1F.Cc1cc(C#N)ccc1-c1c2n(c3cccnc13)CCN(C1CC1)C2=O.Cc1cc(F)ccc1-c1c2n(c3cccnc13)CCN(C1CC1)C2=O.O=C1c2c(-c3ccc(Cl)cc3)c3ncccc3n2C[C@@H]2CCCN12.O=C1c2c(-c3ccc(Cl)cc3F)c3ncccc3n2CCN1C1CC1. The summed E-state index contributed by atoms with van der Waals surface area (Å²) in [6.45, 7) is 11.5. The van der Waals surface area contributed by atoms with Gasteiger partial charge in [-0.15, -0.1) is 0 Å². The van der Waals surface area contributed by atoms with Crippen molar-refractivity contribution in [2.24, 2.45) is 0 Å². The quantitative estimate of drug-likeness (QED) is 0.125. The molecular formula is C99H85Cl2F3N16O6. The number of amides is 5. The van der Waals surface area contributed by atoms with Gasteiger partial charge in [-0.05, 0) is 239 Å². The molecule has 4 saturated carbocycles. The molecule has 22 nitrogen and oxygen atoms in total. The lowest BCUT2D eigenvalue weighted by molar-refractivity contribution is 0.0668. The van der Waals surface area contributed by atoms with Crippen LogP contribution in [-0.4, -0.2) is 172 Å². The molecule has 0 radical (unpaired) electrons. The van der Waals surface area contributed by atoms with Crippen molar-refractivity contribution >= 4 is 108 Å². The second-order valence-corrected chi connectivity index (χ2v) is 34.9. The molecule has 0 spiro atoms. The summed E-state index contributed by atoms with van der Waals surface area (Å²) in [6, 6.07) is 50.8. The van der Waals surface area contributed by atoms with E-state index in [0.29, 0.717) is 110 Å². The molecule has 0 bridgehead atoms. The minimum absolute atomic E-state index is 0.0166. The van der Waals surface area contributed by atoms with Crippen molar-refractivity contribution in [1.82, 2.24) is 72.3 Å². The standard InChI is InChI=1S/C21H18N4O.C20H18FN3O2.C20H18FN3O.C19H15ClFN3O.C19H16ClN3O/c1-13-11-14(12-22)4-7-16(13)18-19-17(3-2-8-23-19)25-10-9-24(15-5-6-15)21(26)20(18)25;1-26-16-7-4-12(11-14(16)21)17-18-15(3-2-8-22-18)24-10-9-23(13-5-6-13)20(25)19(17)24;1-12-11-13(21)4-7-15(12)17-18-16(3-2-8-22-18)24-10-9-23(14-5-6-14)20(25)19(17)24;20-11-3-6-13(14(21)10-11)16-17-15(2-1-7-22-17)24-9-8-23(12-4-5-12)19(25)18(16)24;20-13-7-5-12(6-8-13)16-17-15(4-1-9-21-17)23-11-14-3-2-10-22(14)19(24)18(16)23/h2-4,7-8,11,15H,5-6,9-10H2,1H3;2-4,7-8,11,13H,5-6,9-10H2,1H3;2-4,7-8,11,14H,5-6,9-10H2,1H3;1-3,6-7,10,12H,4-5,8-9H2;1,4-9,14H,2-3,10-11H2/t;;;;14-/m....0/s1. The summed E-state index contributed by atoms with van der Waals surface area (Å²) in [5.74, 6) is -0.671. The van der Waals surface area contributed by atoms with Crippen LogP contribution in [0.2, 0.25) is 10.0 Å². The van der Waals surface area contributed by atoms with Crippen LogP contribution in [0.1, 0.15) is 133 Å². The fraction of sp³-hybridized carbons (Fsp3) is 0.283. The van der Waals surface area contributed by atoms with E-state index in [1.54, 1.807) is 61.3 Å². The minimum atomic E-state index is -0.448. The molecule has 0 unspecified atom stereocenters. The van der Waals surface area contributed by atoms with Gasteiger partial charge in [0.15, 0.2) is 11.6 Å². The van der Waals surface area contributed by atoms with Crippen LogP contribution in [0.4, 0.5) is 13.2 Å². The molecule has 5 amide bonds. The van der Waals surface area contributed by atoms with E-state index in [0.717, 1.165) is 216 Å². The topological polar surface area (TPSA) is 224 Å². The molecular weight excluding hydrogens is 1640 g/mol. The Morgan fingerprint density at radius 3 is 1.13 bits per heavy atom. The fourth-order valence-electron chi connectivity index (χ4n) is 19.8. The second kappa shape index (κ2) is 32.0. The van der Waals surface area contributed by atoms with Crippen LogP contribution < -0.4 is 4.74 Å². The van der Waals surface area contributed by atoms with Crippen LogP contribution in [-0.2, 0) is 32.7 Å². The summed E-state index contributed by atoms with van der Waals surface area (Å²) in [5.41, 5.74) is 22.3. The summed E-state index contributed by atoms with van der Waals surface area (Å²) in [6.07, 6.45) is 19.5. The van der Waals surface area contributed by atoms with E-state index < -0.39 is 11.6 Å². The highest BCUT2D eigenvalue weighted by Gasteiger charge is 2.46. The highest BCUT2D eigenvalue weighted by Crippen LogP contribution is 2.47. The number of aromatic nitrogens is 10. The first kappa shape index (κ1) is 79.7. The van der Waals surface area contributed by atoms with E-state index in [1.165, 1.54) is 31.4 Å². The van der Waals surface area contributed by atoms with Crippen molar-refractivity contribution in [3.05, 3.63) is 261 Å². The molecule has 4 aliphatic carbocycles. The van der Waals surface area contributed by atoms with Crippen LogP contribution in [0.5, 0.6) is 5.75 Å². The number of nitrogens with zero attached hydrogens (tertiary/aromatic N) is 16. The summed E-state index contributed by atoms with van der Waals surface area (Å²) in [7, 11) is 1.44. The largest absolute Gasteiger partial charge is 0.494 e. The Labute approximate surface area is 732 Å². The van der Waals surface area contributed by atoms with Gasteiger partial charge in [0.2, 0.25) is 0 Å². The summed E-state index contributed by atoms with van der Waals surface area (Å²) < 4.78 is 58.0. The molecule has 25 rings (SSSR count). The average molecular weight is 1720 g/mol. The first-order valence-electron chi connectivity index (χ1n) is 43.2. The average Bonchev–Trinajstić information content (AvgIpc) is 1.60. The number of fused-ring (bicyclic) bond motifs is 16. The maximum absolute atomic E-state index is 14.7. The van der Waals surface area contributed by atoms with Crippen LogP contribution in [0.3, 0.4) is 0 Å². The molecule has 1 saturated heterocycles. The molecule has 27 heteroatoms. The number of nitriles is 1. The van der Waals surface area contributed by atoms with Gasteiger partial charge in [0.25, 0.3) is 29.5 Å². The number of carbonyl (C=O) groups is 5. The number of hydrogen-bond acceptors (Lipinski definition) is 12. The Kier molecular flexibility index (Phi) is 20.2. The Bertz CT molecular complexity index is 6920. The van der Waals surface area contributed by atoms with Gasteiger partial charge in [0, 0.05) is 164 Å². The number of benzene rings is 5. The molecule has 15 aromatic rings. The normalized spacial score (nSPS) is 17.5. The number of pyridine rings is 5. The monoisotopic (exact) mass is 1720 g/mol. The third-order valence-electron chi connectivity index (χ3n) is 26.3. The predicted molar refractivity (Wildman–Crippen MR) is 477 cm³/mol. The molecule has 5 fully saturated rings. The Hall–Kier alpha value is -13.4. The predicted octanol–water partition coefficient (Wildman–Crippen LogP) is 18.8. The molecule has 5 aromatic carbocycles. The summed E-state index contributed by atoms with van der Waals surface area (Å²) >= 11 is 11.9. The molecule has 10 aromatic heterocycles. The smallest absolute Gasteiger partial charge is 0.271 e. The van der Waals surface area contributed by atoms with E-state index >= 15 is 0 Å². The third kappa shape index (κ3) is 13.8. The summed E-state index contributed by atoms with van der Waals surface area (Å²) in [5, 5.41) is 10.2. The zero-order valence-corrected chi connectivity index (χ0v) is 70.9. The first-order valence-corrected chi connectivity index (χ1v) is 43.9. The summed E-state index contributed by atoms with van der Waals surface area (Å²) in [4.78, 5) is 98.8. The van der Waals surface area contributed by atoms with Gasteiger partial charge in [0.1, 0.15) is 40.1 Å². The van der Waals surface area contributed by atoms with Crippen LogP contribution in [0, 0.1) is 42.6 Å². The Morgan fingerprint density at radius 2 is 0.730 bits per heavy atom. The highest BCUT2D eigenvalue weighted by atomic mass is 35.5. The van der Waals surface area contributed by atoms with E-state index in [-0.39, 0.29) is 41.1 Å². The molecule has 126 heavy (non-hydrogen) atoms. The van der Waals surface area contributed by atoms with E-state index in [1.807, 2.05) is 145 Å². The van der Waals surface area contributed by atoms with Crippen molar-refractivity contribution in [1.29, 1.82) is 5.26 Å². The van der Waals surface area contributed by atoms with Gasteiger partial charge in [-0.25, -0.2) is 13.2 Å². The lowest BCUT2D eigenvalue weighted by Gasteiger charge is -2.32. The Balaban J connectivity index is 0.0000000961. The van der Waals surface area contributed by atoms with E-state index in [4.69, 9.17) is 33.2 Å². The van der Waals surface area contributed by atoms with Gasteiger partial charge in [-0.3, -0.25) is 48.9 Å². The first-order chi connectivity index (χ1) is 61.4. The van der Waals surface area contributed by atoms with Crippen LogP contribution >= 0.6 is 23.2 Å². The lowest BCUT2D eigenvalue weighted by atomic mass is 9.97. The number of hydrogen-bond donors (Lipinski definition) is 0. The lowest BCUT2D eigenvalue weighted by Crippen LogP contribution is -2.44. The van der Waals surface area contributed by atoms with Crippen molar-refractivity contribution in [3.8, 4) is 67.5 Å². The van der Waals surface area contributed by atoms with E-state index in [9.17, 15) is 37.1 Å². The maximum Gasteiger partial charge on any atom is 0.271 e. The highest BCUT2D eigenvalue weighted by molar-refractivity contribution is 6.31. The number of carbonyl (C=O) groups excluding carboxylic acids is 5. The second-order valence-electron chi connectivity index (χ2n) is 34.0. The van der Waals surface area contributed by atoms with Crippen molar-refractivity contribution in [2.75, 3.05) is 39.8 Å². The molecule has 10 aliphatic rings. The number of methoxy groups -OCH3 is 1. The molecule has 632 valence electrons. The Morgan fingerprint density at radius 1 is 0.365 bits per heavy atom. The molecule has 16 heterocycles. The number of aryl methyl sites for hydroxylation is 2. The zero-order valence-electron chi connectivity index (χ0n) is 69.4. The molecule has 6 aliphatic heterocycles. The molecule has 1 atom stereocenters. The molecule has 0 N–H and O–H groups in total. The van der Waals surface area contributed by atoms with Crippen LogP contribution in [0.25, 0.3) is 111 Å². The fourth-order valence-corrected chi connectivity index (χ4v) is 20.1. The van der Waals surface area contributed by atoms with Crippen LogP contribution in [0.15, 0.2) is 189 Å². The van der Waals surface area contributed by atoms with Gasteiger partial charge >= 0.3 is 0 Å². The maximum atomic E-state index is 14.7. The van der Waals surface area contributed by atoms with Crippen molar-refractivity contribution in [3.63, 3.8) is 0 Å². The van der Waals surface area contributed by atoms with Gasteiger partial charge in [-0.1, -0.05) is 53.5 Å². The zero-order chi connectivity index (χ0) is 86.2. The number of rotatable bonds is 10.